The Morgan fingerprint density at radius 2 is 1.89 bits per heavy atom. The molecule has 12 nitrogen and oxygen atoms in total. The second-order valence-corrected chi connectivity index (χ2v) is 12.1. The Bertz CT molecular complexity index is 1850. The minimum Gasteiger partial charge on any atom is -0.488 e. The molecular formula is C34H34FN7O5. The molecule has 1 saturated heterocycles. The maximum atomic E-state index is 14.7. The van der Waals surface area contributed by atoms with Crippen LogP contribution >= 0.6 is 0 Å². The number of carbonyl (C=O) groups is 3. The molecule has 2 aromatic heterocycles. The summed E-state index contributed by atoms with van der Waals surface area (Å²) in [6, 6.07) is 12.4. The van der Waals surface area contributed by atoms with Gasteiger partial charge >= 0.3 is 0 Å². The molecule has 0 spiro atoms. The summed E-state index contributed by atoms with van der Waals surface area (Å²) in [5.74, 6) is -0.819. The highest BCUT2D eigenvalue weighted by atomic mass is 19.1. The molecule has 5 heterocycles. The number of benzene rings is 2. The molecular weight excluding hydrogens is 605 g/mol. The zero-order valence-electron chi connectivity index (χ0n) is 25.8. The van der Waals surface area contributed by atoms with E-state index >= 15 is 0 Å². The summed E-state index contributed by atoms with van der Waals surface area (Å²) >= 11 is 0. The minimum atomic E-state index is -0.647. The van der Waals surface area contributed by atoms with E-state index in [1.54, 1.807) is 41.4 Å². The lowest BCUT2D eigenvalue weighted by Crippen LogP contribution is -2.58. The lowest BCUT2D eigenvalue weighted by Gasteiger charge is -2.39. The van der Waals surface area contributed by atoms with Gasteiger partial charge in [-0.3, -0.25) is 24.5 Å². The topological polar surface area (TPSA) is 142 Å². The molecule has 6 bridgehead atoms. The largest absolute Gasteiger partial charge is 0.488 e. The van der Waals surface area contributed by atoms with Crippen molar-refractivity contribution in [3.05, 3.63) is 94.8 Å². The van der Waals surface area contributed by atoms with Gasteiger partial charge in [-0.1, -0.05) is 12.1 Å². The van der Waals surface area contributed by atoms with Crippen molar-refractivity contribution in [1.29, 1.82) is 0 Å². The number of aromatic nitrogens is 3. The van der Waals surface area contributed by atoms with Gasteiger partial charge in [-0.15, -0.1) is 0 Å². The molecule has 0 aliphatic carbocycles. The molecule has 1 fully saturated rings. The Morgan fingerprint density at radius 1 is 1.02 bits per heavy atom. The van der Waals surface area contributed by atoms with Crippen molar-refractivity contribution in [3.63, 3.8) is 0 Å². The Kier molecular flexibility index (Phi) is 8.29. The zero-order valence-corrected chi connectivity index (χ0v) is 25.8. The number of fused-ring (bicyclic) bond motifs is 9. The summed E-state index contributed by atoms with van der Waals surface area (Å²) in [6.45, 7) is 1.82. The van der Waals surface area contributed by atoms with Gasteiger partial charge in [-0.25, -0.2) is 4.39 Å². The molecule has 3 aliphatic heterocycles. The van der Waals surface area contributed by atoms with E-state index in [0.717, 1.165) is 29.8 Å². The van der Waals surface area contributed by atoms with E-state index in [1.807, 2.05) is 13.1 Å². The van der Waals surface area contributed by atoms with Crippen LogP contribution in [0.5, 0.6) is 11.5 Å². The van der Waals surface area contributed by atoms with Crippen LogP contribution in [-0.4, -0.2) is 88.1 Å². The van der Waals surface area contributed by atoms with E-state index in [4.69, 9.17) is 9.47 Å². The first-order valence-electron chi connectivity index (χ1n) is 15.5. The number of carbonyl (C=O) groups excluding carboxylic acids is 3. The number of amides is 3. The fraction of sp³-hybridized carbons (Fsp3) is 0.324. The van der Waals surface area contributed by atoms with Crippen LogP contribution in [0.4, 0.5) is 4.39 Å². The van der Waals surface area contributed by atoms with Crippen molar-refractivity contribution in [2.24, 2.45) is 0 Å². The molecule has 0 unspecified atom stereocenters. The molecule has 7 rings (SSSR count). The van der Waals surface area contributed by atoms with Gasteiger partial charge in [-0.05, 0) is 48.5 Å². The van der Waals surface area contributed by atoms with Crippen molar-refractivity contribution in [2.45, 2.75) is 38.1 Å². The first-order chi connectivity index (χ1) is 22.8. The third-order valence-electron chi connectivity index (χ3n) is 8.73. The van der Waals surface area contributed by atoms with Crippen LogP contribution in [0.1, 0.15) is 44.1 Å². The number of nitrogens with zero attached hydrogens (tertiary/aromatic N) is 4. The van der Waals surface area contributed by atoms with E-state index in [0.29, 0.717) is 47.6 Å². The summed E-state index contributed by atoms with van der Waals surface area (Å²) < 4.78 is 26.8. The number of likely N-dealkylation sites (N-methyl/N-ethyl adjacent to an activating group) is 1. The van der Waals surface area contributed by atoms with E-state index in [1.165, 1.54) is 18.3 Å². The first-order valence-corrected chi connectivity index (χ1v) is 15.5. The van der Waals surface area contributed by atoms with Crippen LogP contribution in [0.25, 0.3) is 11.1 Å². The third-order valence-corrected chi connectivity index (χ3v) is 8.73. The van der Waals surface area contributed by atoms with Crippen molar-refractivity contribution < 1.29 is 28.2 Å². The summed E-state index contributed by atoms with van der Waals surface area (Å²) in [6.07, 6.45) is 3.67. The lowest BCUT2D eigenvalue weighted by atomic mass is 9.99. The Labute approximate surface area is 270 Å². The number of pyridine rings is 1. The van der Waals surface area contributed by atoms with Gasteiger partial charge in [0, 0.05) is 80.8 Å². The van der Waals surface area contributed by atoms with E-state index in [2.05, 4.69) is 30.7 Å². The monoisotopic (exact) mass is 639 g/mol. The molecule has 0 radical (unpaired) electrons. The quantitative estimate of drug-likeness (QED) is 0.289. The van der Waals surface area contributed by atoms with Gasteiger partial charge < -0.3 is 29.9 Å². The third kappa shape index (κ3) is 6.66. The standard InChI is InChI=1S/C34H34FN7O5/c1-41-7-5-28-27(17-41)32(40-39-28)34(45)42-8-6-30-29(18-42)38-33(44)23-11-22(15-36-16-23)21-3-2-4-25(12-21)46-19-31(43)37-14-20-9-24(35)13-26(10-20)47-30/h2-4,9-13,15-16,29-30H,5-8,14,17-19H2,1H3,(H,37,43)(H,38,44)(H,39,40)/t29-,30+/m1/s1. The average Bonchev–Trinajstić information content (AvgIpc) is 3.49. The highest BCUT2D eigenvalue weighted by Gasteiger charge is 2.37. The van der Waals surface area contributed by atoms with E-state index in [-0.39, 0.29) is 37.3 Å². The number of piperidine rings is 1. The molecule has 2 atom stereocenters. The maximum Gasteiger partial charge on any atom is 0.274 e. The van der Waals surface area contributed by atoms with Crippen LogP contribution in [0.15, 0.2) is 60.9 Å². The number of aromatic amines is 1. The number of nitrogens with one attached hydrogen (secondary N) is 3. The maximum absolute atomic E-state index is 14.7. The summed E-state index contributed by atoms with van der Waals surface area (Å²) in [4.78, 5) is 48.3. The molecule has 242 valence electrons. The van der Waals surface area contributed by atoms with Crippen LogP contribution in [0, 0.1) is 5.82 Å². The number of halogens is 1. The molecule has 3 aliphatic rings. The summed E-state index contributed by atoms with van der Waals surface area (Å²) in [5.41, 5.74) is 4.48. The number of rotatable bonds is 1. The van der Waals surface area contributed by atoms with E-state index < -0.39 is 23.9 Å². The van der Waals surface area contributed by atoms with Crippen molar-refractivity contribution in [1.82, 2.24) is 35.6 Å². The van der Waals surface area contributed by atoms with Crippen LogP contribution < -0.4 is 20.1 Å². The first kappa shape index (κ1) is 30.4. The smallest absolute Gasteiger partial charge is 0.274 e. The molecule has 4 aromatic rings. The number of ether oxygens (including phenoxy) is 2. The number of hydrogen-bond donors (Lipinski definition) is 3. The van der Waals surface area contributed by atoms with Gasteiger partial charge in [-0.2, -0.15) is 5.10 Å². The van der Waals surface area contributed by atoms with Crippen LogP contribution in [-0.2, 0) is 24.3 Å². The highest BCUT2D eigenvalue weighted by molar-refractivity contribution is 5.96. The second-order valence-electron chi connectivity index (χ2n) is 12.1. The predicted molar refractivity (Wildman–Crippen MR) is 168 cm³/mol. The normalized spacial score (nSPS) is 20.2. The molecule has 0 saturated carbocycles. The predicted octanol–water partition coefficient (Wildman–Crippen LogP) is 2.70. The summed E-state index contributed by atoms with van der Waals surface area (Å²) in [7, 11) is 2.01. The zero-order chi connectivity index (χ0) is 32.5. The van der Waals surface area contributed by atoms with Crippen LogP contribution in [0.3, 0.4) is 0 Å². The summed E-state index contributed by atoms with van der Waals surface area (Å²) in [5, 5.41) is 13.2. The SMILES string of the molecule is CN1CCc2[nH]nc(C(=O)N3CC[C@@H]4Oc5cc(F)cc(c5)CNC(=O)COc5cccc(c5)-c5cncc(c5)C(=O)N[C@@H]4C3)c2C1. The van der Waals surface area contributed by atoms with Gasteiger partial charge in [0.25, 0.3) is 17.7 Å². The fourth-order valence-electron chi connectivity index (χ4n) is 6.26. The van der Waals surface area contributed by atoms with Gasteiger partial charge in [0.15, 0.2) is 12.3 Å². The van der Waals surface area contributed by atoms with E-state index in [9.17, 15) is 18.8 Å². The van der Waals surface area contributed by atoms with Crippen molar-refractivity contribution in [3.8, 4) is 22.6 Å². The average molecular weight is 640 g/mol. The number of likely N-dealkylation sites (tertiary alicyclic amines) is 1. The molecule has 3 amide bonds. The van der Waals surface area contributed by atoms with Gasteiger partial charge in [0.2, 0.25) is 0 Å². The fourth-order valence-corrected chi connectivity index (χ4v) is 6.26. The Hall–Kier alpha value is -5.30. The molecule has 13 heteroatoms. The minimum absolute atomic E-state index is 0.0597. The Morgan fingerprint density at radius 3 is 2.79 bits per heavy atom. The van der Waals surface area contributed by atoms with Gasteiger partial charge in [0.1, 0.15) is 23.4 Å². The van der Waals surface area contributed by atoms with Crippen molar-refractivity contribution >= 4 is 17.7 Å². The second kappa shape index (κ2) is 12.8. The highest BCUT2D eigenvalue weighted by Crippen LogP contribution is 2.27. The Balaban J connectivity index is 1.21. The van der Waals surface area contributed by atoms with Crippen molar-refractivity contribution in [2.75, 3.05) is 33.3 Å². The molecule has 3 N–H and O–H groups in total. The van der Waals surface area contributed by atoms with Crippen LogP contribution in [0.2, 0.25) is 0 Å². The lowest BCUT2D eigenvalue weighted by molar-refractivity contribution is -0.123. The molecule has 47 heavy (non-hydrogen) atoms. The number of hydrogen-bond acceptors (Lipinski definition) is 8. The number of H-pyrrole nitrogens is 1. The molecule has 2 aromatic carbocycles. The van der Waals surface area contributed by atoms with Gasteiger partial charge in [0.05, 0.1) is 11.6 Å².